The van der Waals surface area contributed by atoms with Crippen molar-refractivity contribution in [2.75, 3.05) is 24.2 Å². The van der Waals surface area contributed by atoms with Crippen molar-refractivity contribution in [1.82, 2.24) is 10.2 Å². The highest BCUT2D eigenvalue weighted by Crippen LogP contribution is 2.33. The van der Waals surface area contributed by atoms with Gasteiger partial charge in [0.25, 0.3) is 0 Å². The fraction of sp³-hybridized carbons (Fsp3) is 0.375. The number of rotatable bonds is 12. The molecular formula is C32H36Cl3N3O5S. The molecule has 0 unspecified atom stereocenters. The predicted octanol–water partition coefficient (Wildman–Crippen LogP) is 6.51. The van der Waals surface area contributed by atoms with E-state index in [0.717, 1.165) is 48.2 Å². The molecule has 12 heteroatoms. The second kappa shape index (κ2) is 15.3. The molecule has 1 N–H and O–H groups in total. The minimum absolute atomic E-state index is 0.000286. The van der Waals surface area contributed by atoms with Crippen LogP contribution in [0.2, 0.25) is 15.1 Å². The highest BCUT2D eigenvalue weighted by molar-refractivity contribution is 7.92. The van der Waals surface area contributed by atoms with Crippen molar-refractivity contribution in [2.24, 2.45) is 0 Å². The van der Waals surface area contributed by atoms with Gasteiger partial charge in [-0.3, -0.25) is 13.9 Å². The van der Waals surface area contributed by atoms with E-state index in [1.807, 2.05) is 30.3 Å². The Balaban J connectivity index is 1.77. The number of hydrogen-bond donors (Lipinski definition) is 1. The van der Waals surface area contributed by atoms with Gasteiger partial charge in [0.2, 0.25) is 21.8 Å². The molecule has 4 rings (SSSR count). The van der Waals surface area contributed by atoms with E-state index in [0.29, 0.717) is 15.6 Å². The molecule has 8 nitrogen and oxygen atoms in total. The van der Waals surface area contributed by atoms with Crippen molar-refractivity contribution in [3.05, 3.63) is 92.9 Å². The van der Waals surface area contributed by atoms with Gasteiger partial charge in [-0.15, -0.1) is 0 Å². The lowest BCUT2D eigenvalue weighted by Gasteiger charge is -2.35. The van der Waals surface area contributed by atoms with Crippen LogP contribution >= 0.6 is 34.8 Å². The van der Waals surface area contributed by atoms with Crippen LogP contribution < -0.4 is 14.4 Å². The molecule has 0 bridgehead atoms. The molecular weight excluding hydrogens is 645 g/mol. The quantitative estimate of drug-likeness (QED) is 0.235. The lowest BCUT2D eigenvalue weighted by atomic mass is 9.94. The van der Waals surface area contributed by atoms with Gasteiger partial charge in [-0.2, -0.15) is 0 Å². The number of sulfonamides is 1. The van der Waals surface area contributed by atoms with E-state index < -0.39 is 28.5 Å². The molecule has 0 saturated heterocycles. The summed E-state index contributed by atoms with van der Waals surface area (Å²) >= 11 is 18.7. The van der Waals surface area contributed by atoms with E-state index in [-0.39, 0.29) is 41.4 Å². The summed E-state index contributed by atoms with van der Waals surface area (Å²) in [5, 5.41) is 4.08. The van der Waals surface area contributed by atoms with Crippen LogP contribution in [-0.4, -0.2) is 57.1 Å². The van der Waals surface area contributed by atoms with Crippen molar-refractivity contribution < 1.29 is 22.7 Å². The third-order valence-corrected chi connectivity index (χ3v) is 9.75. The molecule has 0 aromatic heterocycles. The van der Waals surface area contributed by atoms with Gasteiger partial charge < -0.3 is 15.0 Å². The minimum Gasteiger partial charge on any atom is -0.495 e. The van der Waals surface area contributed by atoms with Crippen molar-refractivity contribution in [3.63, 3.8) is 0 Å². The fourth-order valence-electron chi connectivity index (χ4n) is 5.39. The van der Waals surface area contributed by atoms with Gasteiger partial charge in [-0.25, -0.2) is 8.42 Å². The van der Waals surface area contributed by atoms with Crippen molar-refractivity contribution in [2.45, 2.75) is 57.2 Å². The molecule has 0 aliphatic heterocycles. The summed E-state index contributed by atoms with van der Waals surface area (Å²) in [4.78, 5) is 29.8. The Hall–Kier alpha value is -2.98. The Bertz CT molecular complexity index is 1570. The van der Waals surface area contributed by atoms with Gasteiger partial charge in [0, 0.05) is 24.0 Å². The highest BCUT2D eigenvalue weighted by Gasteiger charge is 2.35. The van der Waals surface area contributed by atoms with Gasteiger partial charge in [0.1, 0.15) is 18.3 Å². The standard InChI is InChI=1S/C32H36Cl3N3O5S/c1-43-30-16-14-24(33)19-28(30)38(44(2,41)42)21-31(39)37(20-23-13-15-26(34)27(35)17-23)29(18-22-9-5-3-6-10-22)32(40)36-25-11-7-4-8-12-25/h3,5-6,9-10,13-17,19,25,29H,4,7-8,11-12,18,20-21H2,1-2H3,(H,36,40)/t29-/m0/s1. The maximum atomic E-state index is 14.3. The summed E-state index contributed by atoms with van der Waals surface area (Å²) in [7, 11) is -2.60. The average molecular weight is 681 g/mol. The van der Waals surface area contributed by atoms with Gasteiger partial charge in [-0.1, -0.05) is 90.5 Å². The Morgan fingerprint density at radius 3 is 2.27 bits per heavy atom. The third-order valence-electron chi connectivity index (χ3n) is 7.65. The van der Waals surface area contributed by atoms with Gasteiger partial charge >= 0.3 is 0 Å². The maximum absolute atomic E-state index is 14.3. The lowest BCUT2D eigenvalue weighted by Crippen LogP contribution is -2.55. The first kappa shape index (κ1) is 33.9. The zero-order chi connectivity index (χ0) is 31.9. The van der Waals surface area contributed by atoms with Crippen LogP contribution in [0, 0.1) is 0 Å². The third kappa shape index (κ3) is 9.03. The summed E-state index contributed by atoms with van der Waals surface area (Å²) in [6.45, 7) is -0.617. The predicted molar refractivity (Wildman–Crippen MR) is 176 cm³/mol. The molecule has 236 valence electrons. The molecule has 3 aromatic rings. The number of anilines is 1. The second-order valence-corrected chi connectivity index (χ2v) is 14.1. The van der Waals surface area contributed by atoms with E-state index in [9.17, 15) is 18.0 Å². The Kier molecular flexibility index (Phi) is 11.8. The van der Waals surface area contributed by atoms with Crippen molar-refractivity contribution in [1.29, 1.82) is 0 Å². The van der Waals surface area contributed by atoms with E-state index in [4.69, 9.17) is 39.5 Å². The number of amides is 2. The first-order valence-corrected chi connectivity index (χ1v) is 17.3. The molecule has 1 fully saturated rings. The summed E-state index contributed by atoms with van der Waals surface area (Å²) in [5.74, 6) is -0.678. The van der Waals surface area contributed by atoms with Crippen LogP contribution in [0.15, 0.2) is 66.7 Å². The van der Waals surface area contributed by atoms with E-state index in [2.05, 4.69) is 5.32 Å². The Labute approximate surface area is 274 Å². The first-order valence-electron chi connectivity index (χ1n) is 14.3. The van der Waals surface area contributed by atoms with Crippen LogP contribution in [0.3, 0.4) is 0 Å². The molecule has 1 saturated carbocycles. The molecule has 1 aliphatic rings. The summed E-state index contributed by atoms with van der Waals surface area (Å²) < 4.78 is 32.6. The summed E-state index contributed by atoms with van der Waals surface area (Å²) in [6.07, 6.45) is 6.10. The average Bonchev–Trinajstić information content (AvgIpc) is 2.99. The number of carbonyl (C=O) groups is 2. The van der Waals surface area contributed by atoms with E-state index in [1.165, 1.54) is 24.1 Å². The normalized spacial score (nSPS) is 14.5. The summed E-state index contributed by atoms with van der Waals surface area (Å²) in [6, 6.07) is 17.9. The molecule has 1 aliphatic carbocycles. The van der Waals surface area contributed by atoms with Crippen LogP contribution in [0.25, 0.3) is 0 Å². The monoisotopic (exact) mass is 679 g/mol. The number of methoxy groups -OCH3 is 1. The van der Waals surface area contributed by atoms with Crippen LogP contribution in [0.5, 0.6) is 5.75 Å². The molecule has 0 heterocycles. The van der Waals surface area contributed by atoms with E-state index >= 15 is 0 Å². The SMILES string of the molecule is COc1ccc(Cl)cc1N(CC(=O)N(Cc1ccc(Cl)c(Cl)c1)[C@@H](Cc1ccccc1)C(=O)NC1CCCCC1)S(C)(=O)=O. The molecule has 44 heavy (non-hydrogen) atoms. The first-order chi connectivity index (χ1) is 21.0. The lowest BCUT2D eigenvalue weighted by molar-refractivity contribution is -0.140. The number of halogens is 3. The highest BCUT2D eigenvalue weighted by atomic mass is 35.5. The van der Waals surface area contributed by atoms with Crippen LogP contribution in [0.4, 0.5) is 5.69 Å². The van der Waals surface area contributed by atoms with Gasteiger partial charge in [0.15, 0.2) is 0 Å². The van der Waals surface area contributed by atoms with Crippen molar-refractivity contribution in [3.8, 4) is 5.75 Å². The van der Waals surface area contributed by atoms with Gasteiger partial charge in [0.05, 0.1) is 29.1 Å². The molecule has 1 atom stereocenters. The largest absolute Gasteiger partial charge is 0.495 e. The van der Waals surface area contributed by atoms with Crippen LogP contribution in [0.1, 0.15) is 43.2 Å². The number of nitrogens with zero attached hydrogens (tertiary/aromatic N) is 2. The number of hydrogen-bond acceptors (Lipinski definition) is 5. The molecule has 0 spiro atoms. The minimum atomic E-state index is -4.00. The van der Waals surface area contributed by atoms with E-state index in [1.54, 1.807) is 24.3 Å². The smallest absolute Gasteiger partial charge is 0.244 e. The topological polar surface area (TPSA) is 96.0 Å². The molecule has 3 aromatic carbocycles. The zero-order valence-corrected chi connectivity index (χ0v) is 27.7. The number of ether oxygens (including phenoxy) is 1. The zero-order valence-electron chi connectivity index (χ0n) is 24.6. The number of nitrogens with one attached hydrogen (secondary N) is 1. The van der Waals surface area contributed by atoms with Crippen molar-refractivity contribution >= 4 is 62.3 Å². The van der Waals surface area contributed by atoms with Crippen LogP contribution in [-0.2, 0) is 32.6 Å². The Morgan fingerprint density at radius 2 is 1.64 bits per heavy atom. The number of benzene rings is 3. The Morgan fingerprint density at radius 1 is 0.932 bits per heavy atom. The maximum Gasteiger partial charge on any atom is 0.244 e. The molecule has 2 amide bonds. The fourth-order valence-corrected chi connectivity index (χ4v) is 6.72. The summed E-state index contributed by atoms with van der Waals surface area (Å²) in [5.41, 5.74) is 1.58. The number of carbonyl (C=O) groups excluding carboxylic acids is 2. The molecule has 0 radical (unpaired) electrons. The second-order valence-electron chi connectivity index (χ2n) is 10.9. The van der Waals surface area contributed by atoms with Gasteiger partial charge in [-0.05, 0) is 54.3 Å².